The van der Waals surface area contributed by atoms with Crippen molar-refractivity contribution in [2.75, 3.05) is 0 Å². The number of hydrogen-bond acceptors (Lipinski definition) is 3. The molecule has 0 saturated heterocycles. The molecular formula is C11H8ClFN2O. The van der Waals surface area contributed by atoms with Crippen LogP contribution in [0.15, 0.2) is 36.7 Å². The molecule has 0 aliphatic heterocycles. The number of benzene rings is 1. The van der Waals surface area contributed by atoms with Crippen molar-refractivity contribution >= 4 is 11.6 Å². The maximum atomic E-state index is 12.6. The van der Waals surface area contributed by atoms with E-state index in [0.717, 1.165) is 0 Å². The molecule has 0 unspecified atom stereocenters. The van der Waals surface area contributed by atoms with Crippen LogP contribution in [0, 0.1) is 5.82 Å². The average Bonchev–Trinajstić information content (AvgIpc) is 2.30. The highest BCUT2D eigenvalue weighted by atomic mass is 35.5. The lowest BCUT2D eigenvalue weighted by Crippen LogP contribution is -1.98. The van der Waals surface area contributed by atoms with Gasteiger partial charge in [-0.25, -0.2) is 9.37 Å². The Labute approximate surface area is 96.9 Å². The molecule has 0 atom stereocenters. The van der Waals surface area contributed by atoms with Crippen LogP contribution in [0.25, 0.3) is 0 Å². The van der Waals surface area contributed by atoms with E-state index in [1.54, 1.807) is 12.1 Å². The summed E-state index contributed by atoms with van der Waals surface area (Å²) in [5.74, 6) is 0.289. The maximum Gasteiger partial charge on any atom is 0.147 e. The molecule has 0 spiro atoms. The van der Waals surface area contributed by atoms with Crippen molar-refractivity contribution in [3.8, 4) is 5.75 Å². The molecule has 0 amide bonds. The Morgan fingerprint density at radius 2 is 1.88 bits per heavy atom. The van der Waals surface area contributed by atoms with Crippen LogP contribution in [0.4, 0.5) is 4.39 Å². The minimum atomic E-state index is -0.293. The number of aromatic nitrogens is 2. The quantitative estimate of drug-likeness (QED) is 0.825. The summed E-state index contributed by atoms with van der Waals surface area (Å²) in [6, 6.07) is 5.78. The molecule has 1 aromatic heterocycles. The molecule has 1 aromatic carbocycles. The largest absolute Gasteiger partial charge is 0.487 e. The normalized spacial score (nSPS) is 10.1. The molecule has 1 heterocycles. The highest BCUT2D eigenvalue weighted by Gasteiger charge is 1.98. The highest BCUT2D eigenvalue weighted by molar-refractivity contribution is 6.29. The zero-order chi connectivity index (χ0) is 11.4. The molecule has 0 bridgehead atoms. The van der Waals surface area contributed by atoms with Crippen molar-refractivity contribution in [3.05, 3.63) is 53.3 Å². The Hall–Kier alpha value is -1.68. The van der Waals surface area contributed by atoms with Crippen molar-refractivity contribution in [1.29, 1.82) is 0 Å². The predicted molar refractivity (Wildman–Crippen MR) is 57.8 cm³/mol. The third-order valence-electron chi connectivity index (χ3n) is 1.87. The summed E-state index contributed by atoms with van der Waals surface area (Å²) in [5, 5.41) is 0.338. The van der Waals surface area contributed by atoms with E-state index in [4.69, 9.17) is 16.3 Å². The Balaban J connectivity index is 1.97. The van der Waals surface area contributed by atoms with Crippen LogP contribution < -0.4 is 4.74 Å². The number of hydrogen-bond donors (Lipinski definition) is 0. The summed E-state index contributed by atoms with van der Waals surface area (Å²) in [5.41, 5.74) is 0.661. The lowest BCUT2D eigenvalue weighted by Gasteiger charge is -2.04. The summed E-state index contributed by atoms with van der Waals surface area (Å²) >= 11 is 5.59. The van der Waals surface area contributed by atoms with E-state index in [1.165, 1.54) is 24.5 Å². The fourth-order valence-corrected chi connectivity index (χ4v) is 1.20. The SMILES string of the molecule is Fc1ccc(OCc2cnc(Cl)cn2)cc1. The second kappa shape index (κ2) is 4.90. The van der Waals surface area contributed by atoms with Crippen LogP contribution in [0.5, 0.6) is 5.75 Å². The van der Waals surface area contributed by atoms with Gasteiger partial charge in [-0.1, -0.05) is 11.6 Å². The van der Waals surface area contributed by atoms with Gasteiger partial charge in [-0.3, -0.25) is 4.98 Å². The maximum absolute atomic E-state index is 12.6. The standard InChI is InChI=1S/C11H8ClFN2O/c12-11-6-14-9(5-15-11)7-16-10-3-1-8(13)2-4-10/h1-6H,7H2. The van der Waals surface area contributed by atoms with E-state index in [0.29, 0.717) is 16.6 Å². The second-order valence-corrected chi connectivity index (χ2v) is 3.46. The summed E-state index contributed by atoms with van der Waals surface area (Å²) in [7, 11) is 0. The molecule has 2 rings (SSSR count). The number of rotatable bonds is 3. The van der Waals surface area contributed by atoms with Gasteiger partial charge in [-0.2, -0.15) is 0 Å². The summed E-state index contributed by atoms with van der Waals surface area (Å²) in [4.78, 5) is 7.89. The molecule has 16 heavy (non-hydrogen) atoms. The van der Waals surface area contributed by atoms with Gasteiger partial charge in [0.05, 0.1) is 18.1 Å². The molecule has 0 saturated carbocycles. The number of ether oxygens (including phenoxy) is 1. The van der Waals surface area contributed by atoms with Crippen molar-refractivity contribution < 1.29 is 9.13 Å². The first-order chi connectivity index (χ1) is 7.74. The fourth-order valence-electron chi connectivity index (χ4n) is 1.10. The fraction of sp³-hybridized carbons (Fsp3) is 0.0909. The molecule has 0 fully saturated rings. The van der Waals surface area contributed by atoms with E-state index in [-0.39, 0.29) is 12.4 Å². The van der Waals surface area contributed by atoms with Gasteiger partial charge in [0.15, 0.2) is 0 Å². The van der Waals surface area contributed by atoms with Crippen LogP contribution in [0.3, 0.4) is 0 Å². The molecule has 82 valence electrons. The van der Waals surface area contributed by atoms with Crippen molar-refractivity contribution in [2.24, 2.45) is 0 Å². The Morgan fingerprint density at radius 1 is 1.12 bits per heavy atom. The van der Waals surface area contributed by atoms with Crippen molar-refractivity contribution in [2.45, 2.75) is 6.61 Å². The first-order valence-electron chi connectivity index (χ1n) is 4.59. The van der Waals surface area contributed by atoms with Crippen LogP contribution in [-0.2, 0) is 6.61 Å². The van der Waals surface area contributed by atoms with Crippen LogP contribution in [0.2, 0.25) is 5.15 Å². The van der Waals surface area contributed by atoms with Gasteiger partial charge < -0.3 is 4.74 Å². The van der Waals surface area contributed by atoms with E-state index in [2.05, 4.69) is 9.97 Å². The van der Waals surface area contributed by atoms with Gasteiger partial charge in [0.25, 0.3) is 0 Å². The topological polar surface area (TPSA) is 35.0 Å². The van der Waals surface area contributed by atoms with Crippen LogP contribution in [-0.4, -0.2) is 9.97 Å². The first kappa shape index (κ1) is 10.8. The zero-order valence-corrected chi connectivity index (χ0v) is 8.99. The molecule has 5 heteroatoms. The van der Waals surface area contributed by atoms with Crippen molar-refractivity contribution in [1.82, 2.24) is 9.97 Å². The Bertz CT molecular complexity index is 413. The predicted octanol–water partition coefficient (Wildman–Crippen LogP) is 2.85. The molecule has 0 aliphatic rings. The lowest BCUT2D eigenvalue weighted by atomic mass is 10.3. The van der Waals surface area contributed by atoms with Gasteiger partial charge in [-0.15, -0.1) is 0 Å². The zero-order valence-electron chi connectivity index (χ0n) is 8.23. The highest BCUT2D eigenvalue weighted by Crippen LogP contribution is 2.12. The van der Waals surface area contributed by atoms with Gasteiger partial charge in [-0.05, 0) is 24.3 Å². The monoisotopic (exact) mass is 238 g/mol. The van der Waals surface area contributed by atoms with E-state index in [9.17, 15) is 4.39 Å². The summed E-state index contributed by atoms with van der Waals surface area (Å²) in [6.07, 6.45) is 2.98. The van der Waals surface area contributed by atoms with Crippen molar-refractivity contribution in [3.63, 3.8) is 0 Å². The Morgan fingerprint density at radius 3 is 2.50 bits per heavy atom. The average molecular weight is 239 g/mol. The van der Waals surface area contributed by atoms with Gasteiger partial charge >= 0.3 is 0 Å². The molecule has 2 aromatic rings. The molecule has 0 radical (unpaired) electrons. The number of nitrogens with zero attached hydrogens (tertiary/aromatic N) is 2. The molecule has 0 aliphatic carbocycles. The molecule has 0 N–H and O–H groups in total. The van der Waals surface area contributed by atoms with Crippen LogP contribution in [0.1, 0.15) is 5.69 Å². The third-order valence-corrected chi connectivity index (χ3v) is 2.07. The first-order valence-corrected chi connectivity index (χ1v) is 4.96. The van der Waals surface area contributed by atoms with Gasteiger partial charge in [0.2, 0.25) is 0 Å². The second-order valence-electron chi connectivity index (χ2n) is 3.07. The lowest BCUT2D eigenvalue weighted by molar-refractivity contribution is 0.300. The minimum absolute atomic E-state index is 0.274. The van der Waals surface area contributed by atoms with Gasteiger partial charge in [0, 0.05) is 0 Å². The molecular weight excluding hydrogens is 231 g/mol. The van der Waals surface area contributed by atoms with E-state index >= 15 is 0 Å². The van der Waals surface area contributed by atoms with Gasteiger partial charge in [0.1, 0.15) is 23.3 Å². The number of halogens is 2. The minimum Gasteiger partial charge on any atom is -0.487 e. The van der Waals surface area contributed by atoms with E-state index < -0.39 is 0 Å². The van der Waals surface area contributed by atoms with Crippen LogP contribution >= 0.6 is 11.6 Å². The smallest absolute Gasteiger partial charge is 0.147 e. The third kappa shape index (κ3) is 2.90. The summed E-state index contributed by atoms with van der Waals surface area (Å²) in [6.45, 7) is 0.274. The summed E-state index contributed by atoms with van der Waals surface area (Å²) < 4.78 is 18.0. The molecule has 3 nitrogen and oxygen atoms in total. The Kier molecular flexibility index (Phi) is 3.31. The van der Waals surface area contributed by atoms with E-state index in [1.807, 2.05) is 0 Å².